The van der Waals surface area contributed by atoms with Gasteiger partial charge >= 0.3 is 0 Å². The first-order chi connectivity index (χ1) is 12.1. The van der Waals surface area contributed by atoms with Crippen molar-refractivity contribution in [2.75, 3.05) is 32.1 Å². The van der Waals surface area contributed by atoms with Crippen molar-refractivity contribution >= 4 is 23.2 Å². The van der Waals surface area contributed by atoms with E-state index in [1.54, 1.807) is 25.5 Å². The Hall–Kier alpha value is -2.18. The van der Waals surface area contributed by atoms with Crippen molar-refractivity contribution in [3.8, 4) is 5.75 Å². The van der Waals surface area contributed by atoms with Gasteiger partial charge in [-0.3, -0.25) is 9.89 Å². The lowest BCUT2D eigenvalue weighted by Crippen LogP contribution is -2.31. The number of nitrogens with one attached hydrogen (secondary N) is 1. The Kier molecular flexibility index (Phi) is 7.16. The van der Waals surface area contributed by atoms with E-state index in [2.05, 4.69) is 29.1 Å². The van der Waals surface area contributed by atoms with Gasteiger partial charge in [0.25, 0.3) is 0 Å². The highest BCUT2D eigenvalue weighted by Gasteiger charge is 2.20. The van der Waals surface area contributed by atoms with Gasteiger partial charge in [-0.15, -0.1) is 0 Å². The number of nitrogens with zero attached hydrogens (tertiary/aromatic N) is 2. The zero-order chi connectivity index (χ0) is 18.2. The fourth-order valence-corrected chi connectivity index (χ4v) is 2.90. The maximum absolute atomic E-state index is 6.12. The van der Waals surface area contributed by atoms with Gasteiger partial charge in [-0.2, -0.15) is 0 Å². The summed E-state index contributed by atoms with van der Waals surface area (Å²) in [7, 11) is 1.58. The third-order valence-electron chi connectivity index (χ3n) is 3.98. The fraction of sp³-hybridized carbons (Fsp3) is 0.389. The number of rotatable bonds is 8. The zero-order valence-corrected chi connectivity index (χ0v) is 15.6. The van der Waals surface area contributed by atoms with Gasteiger partial charge in [0.2, 0.25) is 0 Å². The van der Waals surface area contributed by atoms with Crippen molar-refractivity contribution in [3.63, 3.8) is 0 Å². The predicted molar refractivity (Wildman–Crippen MR) is 102 cm³/mol. The second kappa shape index (κ2) is 9.34. The van der Waals surface area contributed by atoms with Gasteiger partial charge in [-0.1, -0.05) is 25.4 Å². The normalized spacial score (nSPS) is 13.1. The molecule has 0 saturated carbocycles. The molecule has 1 aromatic heterocycles. The number of ether oxygens (including phenoxy) is 1. The van der Waals surface area contributed by atoms with E-state index in [1.165, 1.54) is 0 Å². The Morgan fingerprint density at radius 1 is 1.36 bits per heavy atom. The molecule has 0 aliphatic heterocycles. The topological polar surface area (TPSA) is 76.0 Å². The lowest BCUT2D eigenvalue weighted by Gasteiger charge is -2.26. The van der Waals surface area contributed by atoms with Crippen molar-refractivity contribution in [3.05, 3.63) is 47.4 Å². The molecule has 1 unspecified atom stereocenters. The third kappa shape index (κ3) is 5.14. The standard InChI is InChI=1S/C18H25ClN4O2/c1-4-23(5-2)15(17-7-6-10-25-17)12-21-18(20)22-13-8-9-16(24-3)14(19)11-13/h6-11,15H,4-5,12H2,1-3H3,(H3,20,21,22). The summed E-state index contributed by atoms with van der Waals surface area (Å²) in [5, 5.41) is 3.56. The van der Waals surface area contributed by atoms with Gasteiger partial charge in [0, 0.05) is 5.69 Å². The largest absolute Gasteiger partial charge is 0.495 e. The van der Waals surface area contributed by atoms with Gasteiger partial charge in [0.15, 0.2) is 5.96 Å². The molecule has 25 heavy (non-hydrogen) atoms. The summed E-state index contributed by atoms with van der Waals surface area (Å²) in [6.07, 6.45) is 1.68. The molecule has 0 aliphatic rings. The number of furan rings is 1. The van der Waals surface area contributed by atoms with Crippen molar-refractivity contribution < 1.29 is 9.15 Å². The molecule has 6 nitrogen and oxygen atoms in total. The lowest BCUT2D eigenvalue weighted by atomic mass is 10.2. The number of hydrogen-bond acceptors (Lipinski definition) is 4. The molecule has 1 atom stereocenters. The molecular formula is C18H25ClN4O2. The van der Waals surface area contributed by atoms with Crippen LogP contribution in [0.2, 0.25) is 5.02 Å². The maximum Gasteiger partial charge on any atom is 0.193 e. The molecule has 1 heterocycles. The highest BCUT2D eigenvalue weighted by molar-refractivity contribution is 6.32. The third-order valence-corrected chi connectivity index (χ3v) is 4.28. The molecule has 1 aromatic carbocycles. The summed E-state index contributed by atoms with van der Waals surface area (Å²) >= 11 is 6.12. The minimum atomic E-state index is 0.0461. The van der Waals surface area contributed by atoms with Crippen LogP contribution < -0.4 is 15.8 Å². The molecule has 2 aromatic rings. The van der Waals surface area contributed by atoms with E-state index in [1.807, 2.05) is 18.2 Å². The highest BCUT2D eigenvalue weighted by Crippen LogP contribution is 2.27. The minimum Gasteiger partial charge on any atom is -0.495 e. The van der Waals surface area contributed by atoms with Crippen LogP contribution in [0.1, 0.15) is 25.6 Å². The first-order valence-electron chi connectivity index (χ1n) is 8.26. The maximum atomic E-state index is 6.12. The summed E-state index contributed by atoms with van der Waals surface area (Å²) in [4.78, 5) is 6.75. The van der Waals surface area contributed by atoms with E-state index in [0.717, 1.165) is 24.5 Å². The van der Waals surface area contributed by atoms with E-state index in [0.29, 0.717) is 23.3 Å². The molecule has 0 saturated heterocycles. The number of hydrogen-bond donors (Lipinski definition) is 2. The molecule has 7 heteroatoms. The lowest BCUT2D eigenvalue weighted by molar-refractivity contribution is 0.198. The van der Waals surface area contributed by atoms with Crippen molar-refractivity contribution in [1.82, 2.24) is 4.90 Å². The molecule has 0 amide bonds. The van der Waals surface area contributed by atoms with Crippen molar-refractivity contribution in [1.29, 1.82) is 0 Å². The summed E-state index contributed by atoms with van der Waals surface area (Å²) in [5.74, 6) is 1.82. The predicted octanol–water partition coefficient (Wildman–Crippen LogP) is 3.75. The van der Waals surface area contributed by atoms with Crippen LogP contribution in [-0.4, -0.2) is 37.6 Å². The Balaban J connectivity index is 2.08. The van der Waals surface area contributed by atoms with E-state index in [4.69, 9.17) is 26.5 Å². The van der Waals surface area contributed by atoms with E-state index in [-0.39, 0.29) is 6.04 Å². The number of benzene rings is 1. The minimum absolute atomic E-state index is 0.0461. The van der Waals surface area contributed by atoms with Crippen LogP contribution in [0.15, 0.2) is 46.0 Å². The Morgan fingerprint density at radius 3 is 2.68 bits per heavy atom. The summed E-state index contributed by atoms with van der Waals surface area (Å²) in [6, 6.07) is 9.25. The average molecular weight is 365 g/mol. The fourth-order valence-electron chi connectivity index (χ4n) is 2.65. The molecule has 136 valence electrons. The van der Waals surface area contributed by atoms with Crippen LogP contribution in [0, 0.1) is 0 Å². The number of methoxy groups -OCH3 is 1. The number of halogens is 1. The molecule has 2 rings (SSSR count). The Bertz CT molecular complexity index is 684. The van der Waals surface area contributed by atoms with Gasteiger partial charge in [-0.25, -0.2) is 0 Å². The molecule has 0 fully saturated rings. The first kappa shape index (κ1) is 19.1. The first-order valence-corrected chi connectivity index (χ1v) is 8.64. The molecule has 0 bridgehead atoms. The Morgan fingerprint density at radius 2 is 2.12 bits per heavy atom. The van der Waals surface area contributed by atoms with Gasteiger partial charge < -0.3 is 20.2 Å². The summed E-state index contributed by atoms with van der Waals surface area (Å²) in [5.41, 5.74) is 6.78. The zero-order valence-electron chi connectivity index (χ0n) is 14.8. The summed E-state index contributed by atoms with van der Waals surface area (Å²) in [6.45, 7) is 6.53. The van der Waals surface area contributed by atoms with Crippen LogP contribution in [0.4, 0.5) is 5.69 Å². The van der Waals surface area contributed by atoms with Crippen LogP contribution in [0.25, 0.3) is 0 Å². The number of guanidine groups is 1. The molecular weight excluding hydrogens is 340 g/mol. The van der Waals surface area contributed by atoms with Gasteiger partial charge in [0.1, 0.15) is 11.5 Å². The second-order valence-corrected chi connectivity index (χ2v) is 5.86. The smallest absolute Gasteiger partial charge is 0.193 e. The highest BCUT2D eigenvalue weighted by atomic mass is 35.5. The van der Waals surface area contributed by atoms with Crippen molar-refractivity contribution in [2.24, 2.45) is 10.7 Å². The number of nitrogens with two attached hydrogens (primary N) is 1. The van der Waals surface area contributed by atoms with E-state index in [9.17, 15) is 0 Å². The Labute approximate surface area is 153 Å². The van der Waals surface area contributed by atoms with Crippen LogP contribution in [0.5, 0.6) is 5.75 Å². The SMILES string of the molecule is CCN(CC)C(CN=C(N)Nc1ccc(OC)c(Cl)c1)c1ccco1. The number of aliphatic imine (C=N–C) groups is 1. The van der Waals surface area contributed by atoms with Crippen LogP contribution in [-0.2, 0) is 0 Å². The molecule has 0 radical (unpaired) electrons. The number of anilines is 1. The summed E-state index contributed by atoms with van der Waals surface area (Å²) < 4.78 is 10.7. The molecule has 0 spiro atoms. The van der Waals surface area contributed by atoms with Crippen LogP contribution in [0.3, 0.4) is 0 Å². The monoisotopic (exact) mass is 364 g/mol. The van der Waals surface area contributed by atoms with E-state index >= 15 is 0 Å². The number of likely N-dealkylation sites (N-methyl/N-ethyl adjacent to an activating group) is 1. The quantitative estimate of drug-likeness (QED) is 0.551. The van der Waals surface area contributed by atoms with Gasteiger partial charge in [0.05, 0.1) is 31.0 Å². The molecule has 0 aliphatic carbocycles. The van der Waals surface area contributed by atoms with Crippen molar-refractivity contribution in [2.45, 2.75) is 19.9 Å². The average Bonchev–Trinajstić information content (AvgIpc) is 3.13. The molecule has 3 N–H and O–H groups in total. The van der Waals surface area contributed by atoms with Gasteiger partial charge in [-0.05, 0) is 43.4 Å². The second-order valence-electron chi connectivity index (χ2n) is 5.45. The van der Waals surface area contributed by atoms with Crippen LogP contribution >= 0.6 is 11.6 Å². The van der Waals surface area contributed by atoms with E-state index < -0.39 is 0 Å².